The maximum atomic E-state index is 14.0. The predicted molar refractivity (Wildman–Crippen MR) is 77.9 cm³/mol. The molecule has 20 heavy (non-hydrogen) atoms. The highest BCUT2D eigenvalue weighted by molar-refractivity contribution is 9.10. The molecule has 1 unspecified atom stereocenters. The smallest absolute Gasteiger partial charge is 0.249 e. The zero-order valence-electron chi connectivity index (χ0n) is 11.2. The first-order valence-corrected chi connectivity index (χ1v) is 7.38. The summed E-state index contributed by atoms with van der Waals surface area (Å²) in [7, 11) is 0. The quantitative estimate of drug-likeness (QED) is 0.917. The molecule has 0 saturated carbocycles. The Bertz CT molecular complexity index is 516. The number of carbonyl (C=O) groups excluding carboxylic acids is 2. The number of hydrogen-bond donors (Lipinski definition) is 1. The molecule has 1 aliphatic rings. The third kappa shape index (κ3) is 3.00. The fourth-order valence-corrected chi connectivity index (χ4v) is 2.85. The van der Waals surface area contributed by atoms with Gasteiger partial charge in [0.2, 0.25) is 11.8 Å². The number of anilines is 1. The van der Waals surface area contributed by atoms with Crippen molar-refractivity contribution in [2.24, 2.45) is 0 Å². The molecule has 1 fully saturated rings. The Morgan fingerprint density at radius 1 is 1.45 bits per heavy atom. The zero-order valence-corrected chi connectivity index (χ0v) is 12.7. The lowest BCUT2D eigenvalue weighted by molar-refractivity contribution is -0.125. The van der Waals surface area contributed by atoms with Crippen molar-refractivity contribution in [2.75, 3.05) is 11.4 Å². The fourth-order valence-electron chi connectivity index (χ4n) is 2.29. The molecule has 2 amide bonds. The highest BCUT2D eigenvalue weighted by atomic mass is 79.9. The summed E-state index contributed by atoms with van der Waals surface area (Å²) in [4.78, 5) is 25.5. The van der Waals surface area contributed by atoms with E-state index in [0.717, 1.165) is 6.42 Å². The number of rotatable bonds is 3. The van der Waals surface area contributed by atoms with Gasteiger partial charge in [-0.1, -0.05) is 19.4 Å². The largest absolute Gasteiger partial charge is 0.344 e. The standard InChI is InChI=1S/C14H16BrFN2O2/c1-2-4-11-14(20)18(8-7-12(19)17-11)13-9(15)5-3-6-10(13)16/h3,5-6,11H,2,4,7-8H2,1H3,(H,17,19). The van der Waals surface area contributed by atoms with Gasteiger partial charge in [0.1, 0.15) is 11.9 Å². The van der Waals surface area contributed by atoms with E-state index in [2.05, 4.69) is 21.2 Å². The first-order chi connectivity index (χ1) is 9.54. The molecule has 1 saturated heterocycles. The van der Waals surface area contributed by atoms with E-state index in [4.69, 9.17) is 0 Å². The second kappa shape index (κ2) is 6.35. The van der Waals surface area contributed by atoms with E-state index in [1.165, 1.54) is 11.0 Å². The van der Waals surface area contributed by atoms with Crippen LogP contribution in [0.2, 0.25) is 0 Å². The molecular formula is C14H16BrFN2O2. The summed E-state index contributed by atoms with van der Waals surface area (Å²) in [5.41, 5.74) is 0.204. The van der Waals surface area contributed by atoms with Gasteiger partial charge in [0, 0.05) is 17.4 Å². The molecule has 2 rings (SSSR count). The van der Waals surface area contributed by atoms with Gasteiger partial charge >= 0.3 is 0 Å². The van der Waals surface area contributed by atoms with Crippen LogP contribution in [0.5, 0.6) is 0 Å². The third-order valence-corrected chi connectivity index (χ3v) is 3.89. The van der Waals surface area contributed by atoms with Crippen LogP contribution in [0, 0.1) is 5.82 Å². The van der Waals surface area contributed by atoms with Gasteiger partial charge < -0.3 is 10.2 Å². The molecule has 0 bridgehead atoms. The van der Waals surface area contributed by atoms with Crippen molar-refractivity contribution in [1.82, 2.24) is 5.32 Å². The Labute approximate surface area is 125 Å². The molecule has 6 heteroatoms. The Hall–Kier alpha value is -1.43. The van der Waals surface area contributed by atoms with Crippen LogP contribution < -0.4 is 10.2 Å². The van der Waals surface area contributed by atoms with Crippen LogP contribution in [0.15, 0.2) is 22.7 Å². The summed E-state index contributed by atoms with van der Waals surface area (Å²) in [6.45, 7) is 2.12. The molecule has 1 heterocycles. The molecule has 1 N–H and O–H groups in total. The Kier molecular flexibility index (Phi) is 4.75. The molecular weight excluding hydrogens is 327 g/mol. The summed E-state index contributed by atoms with van der Waals surface area (Å²) < 4.78 is 14.5. The van der Waals surface area contributed by atoms with Crippen molar-refractivity contribution >= 4 is 33.4 Å². The summed E-state index contributed by atoms with van der Waals surface area (Å²) >= 11 is 3.27. The van der Waals surface area contributed by atoms with Crippen LogP contribution in [0.1, 0.15) is 26.2 Å². The van der Waals surface area contributed by atoms with Gasteiger partial charge in [-0.2, -0.15) is 0 Å². The number of hydrogen-bond acceptors (Lipinski definition) is 2. The number of para-hydroxylation sites is 1. The van der Waals surface area contributed by atoms with Crippen LogP contribution in [0.4, 0.5) is 10.1 Å². The molecule has 0 aromatic heterocycles. The lowest BCUT2D eigenvalue weighted by Gasteiger charge is -2.25. The Morgan fingerprint density at radius 2 is 2.20 bits per heavy atom. The van der Waals surface area contributed by atoms with Crippen LogP contribution >= 0.6 is 15.9 Å². The van der Waals surface area contributed by atoms with Crippen molar-refractivity contribution in [2.45, 2.75) is 32.2 Å². The van der Waals surface area contributed by atoms with E-state index in [0.29, 0.717) is 10.9 Å². The normalized spacial score (nSPS) is 19.8. The van der Waals surface area contributed by atoms with E-state index in [1.807, 2.05) is 6.92 Å². The van der Waals surface area contributed by atoms with Crippen molar-refractivity contribution in [3.63, 3.8) is 0 Å². The highest BCUT2D eigenvalue weighted by Gasteiger charge is 2.32. The van der Waals surface area contributed by atoms with E-state index < -0.39 is 11.9 Å². The molecule has 0 spiro atoms. The van der Waals surface area contributed by atoms with E-state index in [1.54, 1.807) is 12.1 Å². The molecule has 1 atom stereocenters. The van der Waals surface area contributed by atoms with Gasteiger partial charge in [0.05, 0.1) is 5.69 Å². The van der Waals surface area contributed by atoms with Crippen LogP contribution in [0.25, 0.3) is 0 Å². The summed E-state index contributed by atoms with van der Waals surface area (Å²) in [6, 6.07) is 3.97. The predicted octanol–water partition coefficient (Wildman–Crippen LogP) is 2.61. The molecule has 1 aromatic rings. The number of carbonyl (C=O) groups is 2. The lowest BCUT2D eigenvalue weighted by atomic mass is 10.1. The average Bonchev–Trinajstić information content (AvgIpc) is 2.52. The van der Waals surface area contributed by atoms with E-state index in [-0.39, 0.29) is 30.5 Å². The maximum Gasteiger partial charge on any atom is 0.249 e. The van der Waals surface area contributed by atoms with Crippen molar-refractivity contribution < 1.29 is 14.0 Å². The third-order valence-electron chi connectivity index (χ3n) is 3.25. The minimum absolute atomic E-state index is 0.173. The van der Waals surface area contributed by atoms with E-state index >= 15 is 0 Å². The lowest BCUT2D eigenvalue weighted by Crippen LogP contribution is -2.45. The van der Waals surface area contributed by atoms with Gasteiger partial charge in [0.15, 0.2) is 0 Å². The van der Waals surface area contributed by atoms with Gasteiger partial charge in [-0.15, -0.1) is 0 Å². The summed E-state index contributed by atoms with van der Waals surface area (Å²) in [5, 5.41) is 2.70. The number of benzene rings is 1. The number of amides is 2. The second-order valence-corrected chi connectivity index (χ2v) is 5.57. The number of nitrogens with one attached hydrogen (secondary N) is 1. The first-order valence-electron chi connectivity index (χ1n) is 6.59. The first kappa shape index (κ1) is 15.0. The number of halogens is 2. The van der Waals surface area contributed by atoms with Crippen molar-refractivity contribution in [1.29, 1.82) is 0 Å². The molecule has 1 aliphatic heterocycles. The summed E-state index contributed by atoms with van der Waals surface area (Å²) in [6.07, 6.45) is 1.49. The van der Waals surface area contributed by atoms with Gasteiger partial charge in [-0.3, -0.25) is 9.59 Å². The second-order valence-electron chi connectivity index (χ2n) is 4.72. The molecule has 1 aromatic carbocycles. The Balaban J connectivity index is 2.38. The van der Waals surface area contributed by atoms with Gasteiger partial charge in [-0.25, -0.2) is 4.39 Å². The highest BCUT2D eigenvalue weighted by Crippen LogP contribution is 2.30. The molecule has 0 radical (unpaired) electrons. The van der Waals surface area contributed by atoms with E-state index in [9.17, 15) is 14.0 Å². The molecule has 0 aliphatic carbocycles. The zero-order chi connectivity index (χ0) is 14.7. The molecule has 4 nitrogen and oxygen atoms in total. The van der Waals surface area contributed by atoms with Crippen molar-refractivity contribution in [3.05, 3.63) is 28.5 Å². The van der Waals surface area contributed by atoms with Crippen molar-refractivity contribution in [3.8, 4) is 0 Å². The minimum Gasteiger partial charge on any atom is -0.344 e. The SMILES string of the molecule is CCCC1NC(=O)CCN(c2c(F)cccc2Br)C1=O. The number of nitrogens with zero attached hydrogens (tertiary/aromatic N) is 1. The van der Waals surface area contributed by atoms with Crippen LogP contribution in [-0.4, -0.2) is 24.4 Å². The topological polar surface area (TPSA) is 49.4 Å². The maximum absolute atomic E-state index is 14.0. The van der Waals surface area contributed by atoms with Gasteiger partial charge in [-0.05, 0) is 34.5 Å². The average molecular weight is 343 g/mol. The van der Waals surface area contributed by atoms with Crippen LogP contribution in [-0.2, 0) is 9.59 Å². The molecule has 108 valence electrons. The Morgan fingerprint density at radius 3 is 2.85 bits per heavy atom. The van der Waals surface area contributed by atoms with Gasteiger partial charge in [0.25, 0.3) is 0 Å². The summed E-state index contributed by atoms with van der Waals surface area (Å²) in [5.74, 6) is -0.910. The monoisotopic (exact) mass is 342 g/mol. The van der Waals surface area contributed by atoms with Crippen LogP contribution in [0.3, 0.4) is 0 Å². The fraction of sp³-hybridized carbons (Fsp3) is 0.429. The minimum atomic E-state index is -0.582.